The fraction of sp³-hybridized carbons (Fsp3) is 0.462. The van der Waals surface area contributed by atoms with Gasteiger partial charge in [-0.3, -0.25) is 4.79 Å². The molecule has 0 fully saturated rings. The van der Waals surface area contributed by atoms with Gasteiger partial charge in [-0.25, -0.2) is 0 Å². The number of carboxylic acids is 1. The van der Waals surface area contributed by atoms with Gasteiger partial charge in [0.1, 0.15) is 0 Å². The van der Waals surface area contributed by atoms with Gasteiger partial charge in [-0.2, -0.15) is 0 Å². The van der Waals surface area contributed by atoms with Crippen LogP contribution in [0.1, 0.15) is 19.4 Å². The molecule has 0 spiro atoms. The normalized spacial score (nSPS) is 13.7. The number of benzene rings is 1. The molecule has 1 aromatic rings. The molecule has 0 unspecified atom stereocenters. The first kappa shape index (κ1) is 12.7. The zero-order valence-corrected chi connectivity index (χ0v) is 10.5. The summed E-state index contributed by atoms with van der Waals surface area (Å²) in [6.45, 7) is 4.67. The molecule has 0 aromatic heterocycles. The Hall–Kier alpha value is -1.75. The maximum Gasteiger partial charge on any atom is 0.310 e. The third kappa shape index (κ3) is 2.73. The molecule has 0 saturated heterocycles. The van der Waals surface area contributed by atoms with E-state index in [1.807, 2.05) is 18.2 Å². The molecule has 0 aliphatic carbocycles. The molecule has 1 heterocycles. The molecular weight excluding hydrogens is 234 g/mol. The number of hydrogen-bond donors (Lipinski definition) is 2. The Morgan fingerprint density at radius 2 is 2.11 bits per heavy atom. The Morgan fingerprint density at radius 3 is 2.83 bits per heavy atom. The zero-order valence-electron chi connectivity index (χ0n) is 10.5. The summed E-state index contributed by atoms with van der Waals surface area (Å²) < 4.78 is 10.5. The minimum Gasteiger partial charge on any atom is -0.481 e. The Kier molecular flexibility index (Phi) is 3.43. The van der Waals surface area contributed by atoms with Crippen molar-refractivity contribution < 1.29 is 19.4 Å². The standard InChI is InChI=1S/C13H17NO4/c1-13(2,12(15)16)7-14-6-9-3-4-10-11(5-9)18-8-17-10/h3-5,14H,6-8H2,1-2H3,(H,15,16). The highest BCUT2D eigenvalue weighted by atomic mass is 16.7. The van der Waals surface area contributed by atoms with Crippen molar-refractivity contribution in [1.82, 2.24) is 5.32 Å². The first-order chi connectivity index (χ1) is 8.49. The summed E-state index contributed by atoms with van der Waals surface area (Å²) in [6.07, 6.45) is 0. The van der Waals surface area contributed by atoms with Crippen molar-refractivity contribution in [2.24, 2.45) is 5.41 Å². The lowest BCUT2D eigenvalue weighted by Gasteiger charge is -2.19. The van der Waals surface area contributed by atoms with Gasteiger partial charge in [0, 0.05) is 13.1 Å². The topological polar surface area (TPSA) is 67.8 Å². The third-order valence-corrected chi connectivity index (χ3v) is 2.91. The summed E-state index contributed by atoms with van der Waals surface area (Å²) in [7, 11) is 0. The number of hydrogen-bond acceptors (Lipinski definition) is 4. The van der Waals surface area contributed by atoms with Crippen molar-refractivity contribution in [3.05, 3.63) is 23.8 Å². The minimum absolute atomic E-state index is 0.262. The average molecular weight is 251 g/mol. The molecule has 5 nitrogen and oxygen atoms in total. The summed E-state index contributed by atoms with van der Waals surface area (Å²) in [5.41, 5.74) is 0.275. The fourth-order valence-electron chi connectivity index (χ4n) is 1.65. The van der Waals surface area contributed by atoms with Gasteiger partial charge in [0.15, 0.2) is 11.5 Å². The largest absolute Gasteiger partial charge is 0.481 e. The van der Waals surface area contributed by atoms with Gasteiger partial charge in [0.25, 0.3) is 0 Å². The number of ether oxygens (including phenoxy) is 2. The van der Waals surface area contributed by atoms with Gasteiger partial charge in [0.05, 0.1) is 5.41 Å². The number of carboxylic acid groups (broad SMARTS) is 1. The van der Waals surface area contributed by atoms with Crippen molar-refractivity contribution in [1.29, 1.82) is 0 Å². The summed E-state index contributed by atoms with van der Waals surface area (Å²) >= 11 is 0. The first-order valence-corrected chi connectivity index (χ1v) is 5.82. The number of nitrogens with one attached hydrogen (secondary N) is 1. The van der Waals surface area contributed by atoms with E-state index in [1.165, 1.54) is 0 Å². The van der Waals surface area contributed by atoms with Gasteiger partial charge < -0.3 is 19.9 Å². The van der Waals surface area contributed by atoms with Gasteiger partial charge in [-0.1, -0.05) is 6.07 Å². The van der Waals surface area contributed by atoms with Crippen LogP contribution in [0.3, 0.4) is 0 Å². The lowest BCUT2D eigenvalue weighted by atomic mass is 9.94. The summed E-state index contributed by atoms with van der Waals surface area (Å²) in [4.78, 5) is 10.9. The average Bonchev–Trinajstić information content (AvgIpc) is 2.75. The minimum atomic E-state index is -0.805. The zero-order chi connectivity index (χ0) is 13.2. The molecule has 0 atom stereocenters. The molecule has 0 amide bonds. The Morgan fingerprint density at radius 1 is 1.39 bits per heavy atom. The molecule has 0 radical (unpaired) electrons. The molecule has 98 valence electrons. The van der Waals surface area contributed by atoms with E-state index in [1.54, 1.807) is 13.8 Å². The van der Waals surface area contributed by atoms with E-state index in [4.69, 9.17) is 14.6 Å². The van der Waals surface area contributed by atoms with Crippen LogP contribution in [0.2, 0.25) is 0 Å². The number of aliphatic carboxylic acids is 1. The van der Waals surface area contributed by atoms with Gasteiger partial charge in [-0.15, -0.1) is 0 Å². The van der Waals surface area contributed by atoms with Crippen molar-refractivity contribution in [2.75, 3.05) is 13.3 Å². The summed E-state index contributed by atoms with van der Waals surface area (Å²) in [5, 5.41) is 12.1. The molecule has 2 N–H and O–H groups in total. The van der Waals surface area contributed by atoms with E-state index in [0.717, 1.165) is 17.1 Å². The molecule has 0 bridgehead atoms. The molecule has 5 heteroatoms. The molecule has 1 aromatic carbocycles. The second-order valence-electron chi connectivity index (χ2n) is 4.98. The molecule has 0 saturated carbocycles. The molecule has 18 heavy (non-hydrogen) atoms. The van der Waals surface area contributed by atoms with Crippen LogP contribution in [0, 0.1) is 5.41 Å². The predicted molar refractivity (Wildman–Crippen MR) is 65.7 cm³/mol. The Balaban J connectivity index is 1.89. The Labute approximate surface area is 106 Å². The molecular formula is C13H17NO4. The van der Waals surface area contributed by atoms with Crippen LogP contribution in [0.5, 0.6) is 11.5 Å². The number of rotatable bonds is 5. The van der Waals surface area contributed by atoms with E-state index in [0.29, 0.717) is 13.1 Å². The van der Waals surface area contributed by atoms with Crippen LogP contribution in [0.4, 0.5) is 0 Å². The van der Waals surface area contributed by atoms with Crippen molar-refractivity contribution in [3.63, 3.8) is 0 Å². The molecule has 2 rings (SSSR count). The van der Waals surface area contributed by atoms with E-state index < -0.39 is 11.4 Å². The monoisotopic (exact) mass is 251 g/mol. The van der Waals surface area contributed by atoms with Crippen LogP contribution >= 0.6 is 0 Å². The van der Waals surface area contributed by atoms with Crippen LogP contribution in [-0.4, -0.2) is 24.4 Å². The van der Waals surface area contributed by atoms with Crippen LogP contribution in [0.15, 0.2) is 18.2 Å². The highest BCUT2D eigenvalue weighted by Gasteiger charge is 2.26. The van der Waals surface area contributed by atoms with Crippen molar-refractivity contribution in [3.8, 4) is 11.5 Å². The van der Waals surface area contributed by atoms with Crippen molar-refractivity contribution >= 4 is 5.97 Å². The second-order valence-corrected chi connectivity index (χ2v) is 4.98. The molecule has 1 aliphatic rings. The summed E-state index contributed by atoms with van der Waals surface area (Å²) in [5.74, 6) is 0.692. The van der Waals surface area contributed by atoms with Gasteiger partial charge in [-0.05, 0) is 31.5 Å². The highest BCUT2D eigenvalue weighted by molar-refractivity contribution is 5.73. The van der Waals surface area contributed by atoms with Gasteiger partial charge >= 0.3 is 5.97 Å². The third-order valence-electron chi connectivity index (χ3n) is 2.91. The lowest BCUT2D eigenvalue weighted by Crippen LogP contribution is -2.35. The summed E-state index contributed by atoms with van der Waals surface area (Å²) in [6, 6.07) is 5.71. The molecule has 1 aliphatic heterocycles. The van der Waals surface area contributed by atoms with E-state index in [9.17, 15) is 4.79 Å². The predicted octanol–water partition coefficient (Wildman–Crippen LogP) is 1.62. The number of carbonyl (C=O) groups is 1. The fourth-order valence-corrected chi connectivity index (χ4v) is 1.65. The van der Waals surface area contributed by atoms with Crippen LogP contribution < -0.4 is 14.8 Å². The quantitative estimate of drug-likeness (QED) is 0.832. The maximum atomic E-state index is 10.9. The highest BCUT2D eigenvalue weighted by Crippen LogP contribution is 2.32. The SMILES string of the molecule is CC(C)(CNCc1ccc2c(c1)OCO2)C(=O)O. The first-order valence-electron chi connectivity index (χ1n) is 5.82. The van der Waals surface area contributed by atoms with Crippen molar-refractivity contribution in [2.45, 2.75) is 20.4 Å². The maximum absolute atomic E-state index is 10.9. The van der Waals surface area contributed by atoms with Crippen LogP contribution in [0.25, 0.3) is 0 Å². The van der Waals surface area contributed by atoms with Crippen LogP contribution in [-0.2, 0) is 11.3 Å². The van der Waals surface area contributed by atoms with Gasteiger partial charge in [0.2, 0.25) is 6.79 Å². The number of fused-ring (bicyclic) bond motifs is 1. The second kappa shape index (κ2) is 4.86. The van der Waals surface area contributed by atoms with E-state index in [-0.39, 0.29) is 6.79 Å². The smallest absolute Gasteiger partial charge is 0.310 e. The van der Waals surface area contributed by atoms with E-state index in [2.05, 4.69) is 5.32 Å². The Bertz CT molecular complexity index is 456. The van der Waals surface area contributed by atoms with E-state index >= 15 is 0 Å². The lowest BCUT2D eigenvalue weighted by molar-refractivity contribution is -0.146.